The van der Waals surface area contributed by atoms with Gasteiger partial charge in [-0.05, 0) is 49.6 Å². The van der Waals surface area contributed by atoms with Gasteiger partial charge < -0.3 is 25.0 Å². The third-order valence-electron chi connectivity index (χ3n) is 7.63. The van der Waals surface area contributed by atoms with Gasteiger partial charge in [-0.25, -0.2) is 9.97 Å². The Labute approximate surface area is 248 Å². The van der Waals surface area contributed by atoms with Crippen LogP contribution in [0.4, 0.5) is 5.82 Å². The number of aromatic nitrogens is 5. The number of nitrogens with one attached hydrogen (secondary N) is 1. The summed E-state index contributed by atoms with van der Waals surface area (Å²) in [6.45, 7) is 4.83. The largest absolute Gasteiger partial charge is 0.391 e. The first kappa shape index (κ1) is 27.9. The number of nitrogens with zero attached hydrogens (tertiary/aromatic N) is 6. The third kappa shape index (κ3) is 5.24. The molecule has 1 amide bonds. The van der Waals surface area contributed by atoms with Crippen LogP contribution in [0.2, 0.25) is 5.02 Å². The first-order valence-corrected chi connectivity index (χ1v) is 14.2. The molecular weight excluding hydrogens is 554 g/mol. The second-order valence-electron chi connectivity index (χ2n) is 10.7. The molecule has 3 N–H and O–H groups in total. The summed E-state index contributed by atoms with van der Waals surface area (Å²) in [6.07, 6.45) is 2.91. The van der Waals surface area contributed by atoms with Crippen molar-refractivity contribution >= 4 is 29.0 Å². The molecule has 0 bridgehead atoms. The zero-order chi connectivity index (χ0) is 29.5. The molecule has 42 heavy (non-hydrogen) atoms. The van der Waals surface area contributed by atoms with Crippen molar-refractivity contribution in [3.63, 3.8) is 0 Å². The Morgan fingerprint density at radius 3 is 2.74 bits per heavy atom. The van der Waals surface area contributed by atoms with Gasteiger partial charge in [0.1, 0.15) is 11.6 Å². The van der Waals surface area contributed by atoms with Crippen molar-refractivity contribution in [3.05, 3.63) is 88.5 Å². The van der Waals surface area contributed by atoms with Crippen molar-refractivity contribution in [3.8, 4) is 22.5 Å². The number of halogens is 1. The van der Waals surface area contributed by atoms with E-state index >= 15 is 0 Å². The molecule has 11 heteroatoms. The van der Waals surface area contributed by atoms with Gasteiger partial charge >= 0.3 is 0 Å². The van der Waals surface area contributed by atoms with E-state index in [1.54, 1.807) is 40.7 Å². The number of benzene rings is 2. The van der Waals surface area contributed by atoms with Crippen molar-refractivity contribution in [2.75, 3.05) is 18.4 Å². The number of anilines is 1. The summed E-state index contributed by atoms with van der Waals surface area (Å²) in [7, 11) is 1.96. The second-order valence-corrected chi connectivity index (χ2v) is 11.1. The van der Waals surface area contributed by atoms with Crippen LogP contribution in [-0.4, -0.2) is 64.4 Å². The van der Waals surface area contributed by atoms with Gasteiger partial charge in [-0.2, -0.15) is 9.61 Å². The Kier molecular flexibility index (Phi) is 7.44. The van der Waals surface area contributed by atoms with E-state index in [-0.39, 0.29) is 12.5 Å². The van der Waals surface area contributed by atoms with Crippen LogP contribution in [0, 0.1) is 6.92 Å². The summed E-state index contributed by atoms with van der Waals surface area (Å²) in [6, 6.07) is 15.3. The minimum absolute atomic E-state index is 0.222. The van der Waals surface area contributed by atoms with Gasteiger partial charge in [0, 0.05) is 56.3 Å². The molecule has 1 unspecified atom stereocenters. The van der Waals surface area contributed by atoms with Crippen molar-refractivity contribution in [2.24, 2.45) is 7.05 Å². The van der Waals surface area contributed by atoms with Crippen molar-refractivity contribution < 1.29 is 15.0 Å². The number of fused-ring (bicyclic) bond motifs is 1. The summed E-state index contributed by atoms with van der Waals surface area (Å²) in [5.74, 6) is 1.33. The highest BCUT2D eigenvalue weighted by Crippen LogP contribution is 2.33. The monoisotopic (exact) mass is 585 g/mol. The molecule has 0 saturated carbocycles. The summed E-state index contributed by atoms with van der Waals surface area (Å²) in [4.78, 5) is 24.1. The highest BCUT2D eigenvalue weighted by molar-refractivity contribution is 6.34. The van der Waals surface area contributed by atoms with Gasteiger partial charge in [-0.3, -0.25) is 4.79 Å². The fraction of sp³-hybridized carbons (Fsp3) is 0.290. The summed E-state index contributed by atoms with van der Waals surface area (Å²) in [5, 5.41) is 29.0. The van der Waals surface area contributed by atoms with Crippen LogP contribution >= 0.6 is 11.6 Å². The second kappa shape index (κ2) is 11.2. The summed E-state index contributed by atoms with van der Waals surface area (Å²) >= 11 is 6.47. The smallest absolute Gasteiger partial charge is 0.255 e. The van der Waals surface area contributed by atoms with Crippen LogP contribution in [0.25, 0.3) is 28.2 Å². The number of aliphatic hydroxyl groups is 2. The number of carbonyl (C=O) groups excluding carboxylic acids is 1. The van der Waals surface area contributed by atoms with Crippen molar-refractivity contribution in [2.45, 2.75) is 39.0 Å². The Bertz CT molecular complexity index is 1790. The average molecular weight is 586 g/mol. The zero-order valence-electron chi connectivity index (χ0n) is 23.6. The first-order valence-electron chi connectivity index (χ1n) is 13.9. The molecule has 0 radical (unpaired) electrons. The van der Waals surface area contributed by atoms with Gasteiger partial charge in [0.15, 0.2) is 5.65 Å². The van der Waals surface area contributed by atoms with Gasteiger partial charge in [0.25, 0.3) is 5.91 Å². The van der Waals surface area contributed by atoms with E-state index in [4.69, 9.17) is 21.7 Å². The number of β-amino-alcohol motifs (C(OH)–C–C–N with tert-alkyl or cyclic N) is 1. The number of aryl methyl sites for hydroxylation is 2. The molecule has 2 atom stereocenters. The normalized spacial score (nSPS) is 15.9. The van der Waals surface area contributed by atoms with Gasteiger partial charge in [0.2, 0.25) is 0 Å². The minimum Gasteiger partial charge on any atom is -0.391 e. The molecule has 216 valence electrons. The number of hydrogen-bond acceptors (Lipinski definition) is 7. The summed E-state index contributed by atoms with van der Waals surface area (Å²) < 4.78 is 3.71. The molecule has 1 aliphatic rings. The highest BCUT2D eigenvalue weighted by atomic mass is 35.5. The highest BCUT2D eigenvalue weighted by Gasteiger charge is 2.27. The fourth-order valence-electron chi connectivity index (χ4n) is 5.42. The predicted octanol–water partition coefficient (Wildman–Crippen LogP) is 4.63. The Hall–Kier alpha value is -4.25. The molecule has 3 aromatic heterocycles. The molecule has 4 heterocycles. The van der Waals surface area contributed by atoms with E-state index in [2.05, 4.69) is 16.4 Å². The lowest BCUT2D eigenvalue weighted by molar-refractivity contribution is 0.0765. The van der Waals surface area contributed by atoms with E-state index in [0.717, 1.165) is 28.1 Å². The van der Waals surface area contributed by atoms with E-state index in [9.17, 15) is 15.0 Å². The van der Waals surface area contributed by atoms with Gasteiger partial charge in [0.05, 0.1) is 34.2 Å². The summed E-state index contributed by atoms with van der Waals surface area (Å²) in [5.41, 5.74) is 5.65. The van der Waals surface area contributed by atoms with E-state index in [0.29, 0.717) is 52.9 Å². The van der Waals surface area contributed by atoms with E-state index < -0.39 is 12.2 Å². The van der Waals surface area contributed by atoms with Gasteiger partial charge in [-0.1, -0.05) is 35.9 Å². The zero-order valence-corrected chi connectivity index (χ0v) is 24.4. The standard InChI is InChI=1S/C31H32ClN7O3/c1-18-28(21-7-8-25(32)24(14-21)31(42)38-11-9-23(41)17-38)30-35-26(19(2)40)15-27(39(30)36-18)34-16-20-5-4-6-22(13-20)29-33-10-12-37(29)3/h4-8,10,12-15,19,23,34,40-41H,9,11,16-17H2,1-3H3/t19?,23-/m0/s1. The maximum atomic E-state index is 13.3. The number of likely N-dealkylation sites (tertiary alicyclic amines) is 1. The van der Waals surface area contributed by atoms with Gasteiger partial charge in [-0.15, -0.1) is 0 Å². The molecule has 5 aromatic rings. The maximum Gasteiger partial charge on any atom is 0.255 e. The number of imidazole rings is 1. The minimum atomic E-state index is -0.811. The molecule has 1 fully saturated rings. The van der Waals surface area contributed by atoms with Crippen LogP contribution in [0.5, 0.6) is 0 Å². The molecule has 0 aliphatic carbocycles. The average Bonchev–Trinajstić information content (AvgIpc) is 3.69. The number of amides is 1. The maximum absolute atomic E-state index is 13.3. The molecule has 1 aliphatic heterocycles. The number of rotatable bonds is 7. The number of carbonyl (C=O) groups is 1. The van der Waals surface area contributed by atoms with Crippen LogP contribution in [-0.2, 0) is 13.6 Å². The molecule has 1 saturated heterocycles. The topological polar surface area (TPSA) is 121 Å². The lowest BCUT2D eigenvalue weighted by atomic mass is 10.0. The fourth-order valence-corrected chi connectivity index (χ4v) is 5.62. The Morgan fingerprint density at radius 1 is 1.19 bits per heavy atom. The SMILES string of the molecule is Cc1nn2c(NCc3cccc(-c4nccn4C)c3)cc(C(C)O)nc2c1-c1ccc(Cl)c(C(=O)N2CC[C@H](O)C2)c1. The molecule has 6 rings (SSSR count). The molecule has 0 spiro atoms. The number of aliphatic hydroxyl groups excluding tert-OH is 2. The van der Waals surface area contributed by atoms with Crippen molar-refractivity contribution in [1.82, 2.24) is 29.0 Å². The Morgan fingerprint density at radius 2 is 2.02 bits per heavy atom. The lowest BCUT2D eigenvalue weighted by Crippen LogP contribution is -2.29. The molecule has 10 nitrogen and oxygen atoms in total. The molecule has 2 aromatic carbocycles. The van der Waals surface area contributed by atoms with Crippen molar-refractivity contribution in [1.29, 1.82) is 0 Å². The van der Waals surface area contributed by atoms with E-state index in [1.807, 2.05) is 49.0 Å². The van der Waals surface area contributed by atoms with E-state index in [1.165, 1.54) is 0 Å². The van der Waals surface area contributed by atoms with Crippen LogP contribution in [0.3, 0.4) is 0 Å². The van der Waals surface area contributed by atoms with Crippen LogP contribution < -0.4 is 5.32 Å². The predicted molar refractivity (Wildman–Crippen MR) is 161 cm³/mol. The quantitative estimate of drug-likeness (QED) is 0.255. The molecular formula is C31H32ClN7O3. The lowest BCUT2D eigenvalue weighted by Gasteiger charge is -2.17. The third-order valence-corrected chi connectivity index (χ3v) is 7.96. The Balaban J connectivity index is 1.37. The number of hydrogen-bond donors (Lipinski definition) is 3. The van der Waals surface area contributed by atoms with Crippen LogP contribution in [0.15, 0.2) is 60.9 Å². The van der Waals surface area contributed by atoms with Crippen LogP contribution in [0.1, 0.15) is 46.8 Å². The first-order chi connectivity index (χ1) is 20.2.